The van der Waals surface area contributed by atoms with Gasteiger partial charge in [0.25, 0.3) is 0 Å². The Morgan fingerprint density at radius 3 is 3.08 bits per heavy atom. The van der Waals surface area contributed by atoms with Crippen LogP contribution in [0, 0.1) is 0 Å². The van der Waals surface area contributed by atoms with E-state index in [1.807, 2.05) is 0 Å². The van der Waals surface area contributed by atoms with Crippen molar-refractivity contribution in [3.05, 3.63) is 12.4 Å². The number of aromatic amines is 1. The molecule has 13 heavy (non-hydrogen) atoms. The van der Waals surface area contributed by atoms with Gasteiger partial charge >= 0.3 is 5.97 Å². The van der Waals surface area contributed by atoms with Crippen LogP contribution in [0.5, 0.6) is 0 Å². The van der Waals surface area contributed by atoms with Gasteiger partial charge in [-0.2, -0.15) is 0 Å². The average molecular weight is 202 g/mol. The number of thioether (sulfide) groups is 1. The summed E-state index contributed by atoms with van der Waals surface area (Å²) < 4.78 is 0. The van der Waals surface area contributed by atoms with Crippen LogP contribution in [-0.4, -0.2) is 38.0 Å². The van der Waals surface area contributed by atoms with Gasteiger partial charge in [0.2, 0.25) is 0 Å². The molecule has 1 unspecified atom stereocenters. The number of rotatable bonds is 5. The number of aliphatic hydroxyl groups excluding tert-OH is 1. The van der Waals surface area contributed by atoms with Crippen molar-refractivity contribution < 1.29 is 15.0 Å². The highest BCUT2D eigenvalue weighted by molar-refractivity contribution is 7.99. The quantitative estimate of drug-likeness (QED) is 0.599. The molecule has 0 aromatic carbocycles. The largest absolute Gasteiger partial charge is 0.481 e. The number of carbonyl (C=O) groups is 1. The molecule has 72 valence electrons. The van der Waals surface area contributed by atoms with Crippen molar-refractivity contribution in [1.82, 2.24) is 9.97 Å². The standard InChI is InChI=1S/C7H10N2O3S/c10-5(3-6(11)12)4-13-7-8-1-2-9-7/h1-2,5,10H,3-4H2,(H,8,9)(H,11,12). The van der Waals surface area contributed by atoms with Crippen molar-refractivity contribution in [3.63, 3.8) is 0 Å². The first-order chi connectivity index (χ1) is 6.18. The SMILES string of the molecule is O=C(O)CC(O)CSc1ncc[nH]1. The Morgan fingerprint density at radius 1 is 1.77 bits per heavy atom. The van der Waals surface area contributed by atoms with Crippen LogP contribution in [0.15, 0.2) is 17.6 Å². The lowest BCUT2D eigenvalue weighted by Gasteiger charge is -2.04. The zero-order chi connectivity index (χ0) is 9.68. The summed E-state index contributed by atoms with van der Waals surface area (Å²) in [7, 11) is 0. The third-order valence-electron chi connectivity index (χ3n) is 1.30. The Kier molecular flexibility index (Phi) is 3.78. The number of aromatic nitrogens is 2. The smallest absolute Gasteiger partial charge is 0.306 e. The molecule has 1 heterocycles. The maximum Gasteiger partial charge on any atom is 0.306 e. The lowest BCUT2D eigenvalue weighted by atomic mass is 10.3. The monoisotopic (exact) mass is 202 g/mol. The zero-order valence-electron chi connectivity index (χ0n) is 6.80. The highest BCUT2D eigenvalue weighted by atomic mass is 32.2. The van der Waals surface area contributed by atoms with Crippen molar-refractivity contribution in [2.24, 2.45) is 0 Å². The van der Waals surface area contributed by atoms with Crippen LogP contribution in [0.4, 0.5) is 0 Å². The summed E-state index contributed by atoms with van der Waals surface area (Å²) in [5.74, 6) is -0.660. The van der Waals surface area contributed by atoms with Crippen molar-refractivity contribution in [2.75, 3.05) is 5.75 Å². The molecule has 3 N–H and O–H groups in total. The van der Waals surface area contributed by atoms with Crippen LogP contribution in [0.25, 0.3) is 0 Å². The minimum atomic E-state index is -0.993. The van der Waals surface area contributed by atoms with E-state index in [9.17, 15) is 9.90 Å². The molecule has 0 radical (unpaired) electrons. The molecule has 5 nitrogen and oxygen atoms in total. The fourth-order valence-electron chi connectivity index (χ4n) is 0.765. The molecule has 0 saturated heterocycles. The van der Waals surface area contributed by atoms with Crippen LogP contribution in [-0.2, 0) is 4.79 Å². The van der Waals surface area contributed by atoms with E-state index in [1.54, 1.807) is 12.4 Å². The molecule has 0 saturated carbocycles. The number of aliphatic carboxylic acids is 1. The molecule has 0 fully saturated rings. The van der Waals surface area contributed by atoms with E-state index in [4.69, 9.17) is 5.11 Å². The molecule has 0 bridgehead atoms. The molecule has 0 aliphatic rings. The highest BCUT2D eigenvalue weighted by Gasteiger charge is 2.10. The van der Waals surface area contributed by atoms with E-state index in [-0.39, 0.29) is 6.42 Å². The molecule has 0 aliphatic heterocycles. The maximum atomic E-state index is 10.2. The van der Waals surface area contributed by atoms with Gasteiger partial charge in [0.15, 0.2) is 5.16 Å². The number of nitrogens with zero attached hydrogens (tertiary/aromatic N) is 1. The van der Waals surface area contributed by atoms with Gasteiger partial charge in [0, 0.05) is 18.1 Å². The number of imidazole rings is 1. The summed E-state index contributed by atoms with van der Waals surface area (Å²) in [5.41, 5.74) is 0. The molecular weight excluding hydrogens is 192 g/mol. The lowest BCUT2D eigenvalue weighted by Crippen LogP contribution is -2.15. The molecule has 1 rings (SSSR count). The molecule has 0 aliphatic carbocycles. The molecule has 6 heteroatoms. The Hall–Kier alpha value is -1.01. The topological polar surface area (TPSA) is 86.2 Å². The molecule has 0 amide bonds. The van der Waals surface area contributed by atoms with Crippen molar-refractivity contribution in [3.8, 4) is 0 Å². The highest BCUT2D eigenvalue weighted by Crippen LogP contribution is 2.13. The second-order valence-electron chi connectivity index (χ2n) is 2.46. The van der Waals surface area contributed by atoms with Gasteiger partial charge in [0.05, 0.1) is 12.5 Å². The number of hydrogen-bond donors (Lipinski definition) is 3. The summed E-state index contributed by atoms with van der Waals surface area (Å²) in [6.45, 7) is 0. The second kappa shape index (κ2) is 4.88. The number of carboxylic acids is 1. The Balaban J connectivity index is 2.22. The third kappa shape index (κ3) is 3.95. The van der Waals surface area contributed by atoms with Gasteiger partial charge < -0.3 is 15.2 Å². The van der Waals surface area contributed by atoms with Crippen molar-refractivity contribution >= 4 is 17.7 Å². The number of carboxylic acid groups (broad SMARTS) is 1. The number of hydrogen-bond acceptors (Lipinski definition) is 4. The van der Waals surface area contributed by atoms with Gasteiger partial charge in [-0.05, 0) is 0 Å². The summed E-state index contributed by atoms with van der Waals surface area (Å²) in [5, 5.41) is 18.2. The van der Waals surface area contributed by atoms with E-state index in [0.29, 0.717) is 10.9 Å². The lowest BCUT2D eigenvalue weighted by molar-refractivity contribution is -0.138. The van der Waals surface area contributed by atoms with Gasteiger partial charge in [0.1, 0.15) is 0 Å². The maximum absolute atomic E-state index is 10.2. The molecular formula is C7H10N2O3S. The van der Waals surface area contributed by atoms with E-state index in [1.165, 1.54) is 11.8 Å². The van der Waals surface area contributed by atoms with Crippen LogP contribution < -0.4 is 0 Å². The summed E-state index contributed by atoms with van der Waals surface area (Å²) in [6, 6.07) is 0. The first-order valence-electron chi connectivity index (χ1n) is 3.70. The minimum Gasteiger partial charge on any atom is -0.481 e. The number of H-pyrrole nitrogens is 1. The predicted octanol–water partition coefficient (Wildman–Crippen LogP) is 0.337. The van der Waals surface area contributed by atoms with Gasteiger partial charge in [-0.15, -0.1) is 0 Å². The van der Waals surface area contributed by atoms with Crippen LogP contribution in [0.3, 0.4) is 0 Å². The second-order valence-corrected chi connectivity index (χ2v) is 3.47. The summed E-state index contributed by atoms with van der Waals surface area (Å²) in [4.78, 5) is 16.9. The van der Waals surface area contributed by atoms with Gasteiger partial charge in [-0.1, -0.05) is 11.8 Å². The first-order valence-corrected chi connectivity index (χ1v) is 4.69. The molecule has 0 spiro atoms. The Morgan fingerprint density at radius 2 is 2.54 bits per heavy atom. The molecule has 1 atom stereocenters. The van der Waals surface area contributed by atoms with Gasteiger partial charge in [-0.25, -0.2) is 4.98 Å². The Labute approximate surface area is 79.2 Å². The Bertz CT molecular complexity index is 263. The van der Waals surface area contributed by atoms with E-state index >= 15 is 0 Å². The van der Waals surface area contributed by atoms with Crippen LogP contribution in [0.2, 0.25) is 0 Å². The minimum absolute atomic E-state index is 0.228. The third-order valence-corrected chi connectivity index (χ3v) is 2.34. The van der Waals surface area contributed by atoms with E-state index < -0.39 is 12.1 Å². The summed E-state index contributed by atoms with van der Waals surface area (Å²) >= 11 is 1.30. The summed E-state index contributed by atoms with van der Waals surface area (Å²) in [6.07, 6.45) is 2.22. The fraction of sp³-hybridized carbons (Fsp3) is 0.429. The van der Waals surface area contributed by atoms with Gasteiger partial charge in [-0.3, -0.25) is 4.79 Å². The first kappa shape index (κ1) is 10.1. The van der Waals surface area contributed by atoms with Crippen LogP contribution >= 0.6 is 11.8 Å². The zero-order valence-corrected chi connectivity index (χ0v) is 7.62. The fourth-order valence-corrected chi connectivity index (χ4v) is 1.52. The normalized spacial score (nSPS) is 12.7. The van der Waals surface area contributed by atoms with E-state index in [0.717, 1.165) is 0 Å². The number of nitrogens with one attached hydrogen (secondary N) is 1. The number of aliphatic hydroxyl groups is 1. The molecule has 1 aromatic heterocycles. The van der Waals surface area contributed by atoms with Crippen LogP contribution in [0.1, 0.15) is 6.42 Å². The molecule has 1 aromatic rings. The van der Waals surface area contributed by atoms with Crippen molar-refractivity contribution in [2.45, 2.75) is 17.7 Å². The predicted molar refractivity (Wildman–Crippen MR) is 47.6 cm³/mol. The van der Waals surface area contributed by atoms with Crippen molar-refractivity contribution in [1.29, 1.82) is 0 Å². The average Bonchev–Trinajstić information content (AvgIpc) is 2.51. The van der Waals surface area contributed by atoms with E-state index in [2.05, 4.69) is 9.97 Å².